The first-order chi connectivity index (χ1) is 20.3. The molecule has 2 unspecified atom stereocenters. The summed E-state index contributed by atoms with van der Waals surface area (Å²) < 4.78 is 32.4. The average molecular weight is 573 g/mol. The molecule has 1 aliphatic heterocycles. The van der Waals surface area contributed by atoms with Crippen LogP contribution in [-0.2, 0) is 12.1 Å². The number of aliphatic hydroxyl groups is 1. The SMILES string of the molecule is CC(n1ncn(-c2ccc(N3CCN(c4ccccc4)CC3)cc2)c1=O)C(O)(Cn1cncn1)c1ccc(F)cc1F. The Morgan fingerprint density at radius 1 is 0.857 bits per heavy atom. The molecular formula is C30H30F2N8O2. The van der Waals surface area contributed by atoms with Crippen molar-refractivity contribution >= 4 is 11.4 Å². The van der Waals surface area contributed by atoms with Gasteiger partial charge >= 0.3 is 5.69 Å². The first kappa shape index (κ1) is 27.3. The summed E-state index contributed by atoms with van der Waals surface area (Å²) in [4.78, 5) is 22.1. The number of rotatable bonds is 8. The summed E-state index contributed by atoms with van der Waals surface area (Å²) in [6.07, 6.45) is 4.01. The van der Waals surface area contributed by atoms with Gasteiger partial charge in [0, 0.05) is 49.2 Å². The number of halogens is 2. The van der Waals surface area contributed by atoms with E-state index in [0.29, 0.717) is 11.8 Å². The van der Waals surface area contributed by atoms with Crippen molar-refractivity contribution in [2.75, 3.05) is 36.0 Å². The third-order valence-corrected chi connectivity index (χ3v) is 7.91. The number of aromatic nitrogens is 6. The third-order valence-electron chi connectivity index (χ3n) is 7.91. The van der Waals surface area contributed by atoms with Crippen molar-refractivity contribution in [2.45, 2.75) is 25.1 Å². The van der Waals surface area contributed by atoms with Gasteiger partial charge in [0.15, 0.2) is 0 Å². The van der Waals surface area contributed by atoms with Gasteiger partial charge in [0.05, 0.1) is 18.3 Å². The van der Waals surface area contributed by atoms with Crippen molar-refractivity contribution in [1.29, 1.82) is 0 Å². The summed E-state index contributed by atoms with van der Waals surface area (Å²) in [5, 5.41) is 20.1. The second-order valence-electron chi connectivity index (χ2n) is 10.4. The highest BCUT2D eigenvalue weighted by Gasteiger charge is 2.42. The lowest BCUT2D eigenvalue weighted by Crippen LogP contribution is -2.46. The Hall–Kier alpha value is -4.84. The fraction of sp³-hybridized carbons (Fsp3) is 0.267. The van der Waals surface area contributed by atoms with Gasteiger partial charge in [-0.25, -0.2) is 32.5 Å². The lowest BCUT2D eigenvalue weighted by molar-refractivity contribution is -0.0381. The Morgan fingerprint density at radius 3 is 2.12 bits per heavy atom. The van der Waals surface area contributed by atoms with Crippen LogP contribution in [0.15, 0.2) is 96.6 Å². The molecule has 0 saturated carbocycles. The van der Waals surface area contributed by atoms with Crippen LogP contribution in [0.25, 0.3) is 5.69 Å². The van der Waals surface area contributed by atoms with E-state index in [2.05, 4.69) is 37.1 Å². The zero-order chi connectivity index (χ0) is 29.3. The van der Waals surface area contributed by atoms with Gasteiger partial charge in [-0.2, -0.15) is 10.2 Å². The van der Waals surface area contributed by atoms with Crippen molar-refractivity contribution in [1.82, 2.24) is 29.1 Å². The van der Waals surface area contributed by atoms with E-state index in [9.17, 15) is 18.7 Å². The van der Waals surface area contributed by atoms with Crippen molar-refractivity contribution in [3.63, 3.8) is 0 Å². The van der Waals surface area contributed by atoms with Crippen molar-refractivity contribution in [2.24, 2.45) is 0 Å². The molecule has 42 heavy (non-hydrogen) atoms. The minimum absolute atomic E-state index is 0.190. The number of benzene rings is 3. The number of piperazine rings is 1. The molecule has 1 fully saturated rings. The van der Waals surface area contributed by atoms with Gasteiger partial charge in [-0.05, 0) is 49.4 Å². The van der Waals surface area contributed by atoms with Crippen LogP contribution >= 0.6 is 0 Å². The Kier molecular flexibility index (Phi) is 7.29. The number of nitrogens with zero attached hydrogens (tertiary/aromatic N) is 8. The highest BCUT2D eigenvalue weighted by atomic mass is 19.1. The van der Waals surface area contributed by atoms with Crippen LogP contribution in [0.3, 0.4) is 0 Å². The smallest absolute Gasteiger partial charge is 0.350 e. The standard InChI is InChI=1S/C30H30F2N8O2/c1-22(30(42,18-38-20-33-19-34-38)27-12-7-23(31)17-28(27)32)40-29(41)39(21-35-40)26-10-8-25(9-11-26)37-15-13-36(14-16-37)24-5-3-2-4-6-24/h2-12,17,19-22,42H,13-16,18H2,1H3. The van der Waals surface area contributed by atoms with E-state index >= 15 is 0 Å². The summed E-state index contributed by atoms with van der Waals surface area (Å²) in [5.41, 5.74) is 0.136. The van der Waals surface area contributed by atoms with Gasteiger partial charge in [-0.15, -0.1) is 0 Å². The molecule has 1 saturated heterocycles. The van der Waals surface area contributed by atoms with Crippen LogP contribution in [0.1, 0.15) is 18.5 Å². The molecule has 1 N–H and O–H groups in total. The summed E-state index contributed by atoms with van der Waals surface area (Å²) in [6, 6.07) is 19.8. The molecule has 6 rings (SSSR count). The number of anilines is 2. The zero-order valence-corrected chi connectivity index (χ0v) is 23.0. The summed E-state index contributed by atoms with van der Waals surface area (Å²) in [5.74, 6) is -1.73. The average Bonchev–Trinajstić information content (AvgIpc) is 3.66. The molecule has 10 nitrogen and oxygen atoms in total. The Balaban J connectivity index is 1.23. The van der Waals surface area contributed by atoms with Gasteiger partial charge < -0.3 is 14.9 Å². The first-order valence-corrected chi connectivity index (χ1v) is 13.7. The molecule has 2 aromatic heterocycles. The second-order valence-corrected chi connectivity index (χ2v) is 10.4. The highest BCUT2D eigenvalue weighted by molar-refractivity contribution is 5.54. The van der Waals surface area contributed by atoms with Gasteiger partial charge in [0.25, 0.3) is 0 Å². The normalized spacial score (nSPS) is 15.9. The predicted molar refractivity (Wildman–Crippen MR) is 154 cm³/mol. The van der Waals surface area contributed by atoms with Crippen molar-refractivity contribution in [3.05, 3.63) is 119 Å². The van der Waals surface area contributed by atoms with Crippen LogP contribution in [0, 0.1) is 11.6 Å². The lowest BCUT2D eigenvalue weighted by Gasteiger charge is -2.37. The quantitative estimate of drug-likeness (QED) is 0.305. The monoisotopic (exact) mass is 572 g/mol. The molecule has 0 amide bonds. The Bertz CT molecular complexity index is 1700. The molecule has 0 spiro atoms. The van der Waals surface area contributed by atoms with Gasteiger partial charge in [-0.3, -0.25) is 0 Å². The maximum absolute atomic E-state index is 15.0. The fourth-order valence-electron chi connectivity index (χ4n) is 5.49. The number of hydrogen-bond acceptors (Lipinski definition) is 7. The maximum atomic E-state index is 15.0. The van der Waals surface area contributed by atoms with Gasteiger partial charge in [-0.1, -0.05) is 24.3 Å². The molecule has 5 aromatic rings. The molecule has 0 radical (unpaired) electrons. The van der Waals surface area contributed by atoms with E-state index in [1.165, 1.54) is 40.0 Å². The second kappa shape index (κ2) is 11.2. The van der Waals surface area contributed by atoms with Crippen LogP contribution in [0.5, 0.6) is 0 Å². The van der Waals surface area contributed by atoms with E-state index in [4.69, 9.17) is 0 Å². The van der Waals surface area contributed by atoms with E-state index in [1.54, 1.807) is 6.92 Å². The minimum Gasteiger partial charge on any atom is -0.381 e. The topological polar surface area (TPSA) is 97.2 Å². The highest BCUT2D eigenvalue weighted by Crippen LogP contribution is 2.36. The minimum atomic E-state index is -2.01. The number of hydrogen-bond donors (Lipinski definition) is 1. The van der Waals surface area contributed by atoms with E-state index < -0.39 is 29.0 Å². The maximum Gasteiger partial charge on any atom is 0.350 e. The van der Waals surface area contributed by atoms with Gasteiger partial charge in [0.1, 0.15) is 36.2 Å². The molecule has 2 atom stereocenters. The molecular weight excluding hydrogens is 542 g/mol. The summed E-state index contributed by atoms with van der Waals surface area (Å²) >= 11 is 0. The Labute approximate surface area is 240 Å². The van der Waals surface area contributed by atoms with Crippen LogP contribution < -0.4 is 15.5 Å². The molecule has 216 valence electrons. The molecule has 3 heterocycles. The van der Waals surface area contributed by atoms with Crippen molar-refractivity contribution < 1.29 is 13.9 Å². The Morgan fingerprint density at radius 2 is 1.50 bits per heavy atom. The van der Waals surface area contributed by atoms with E-state index in [-0.39, 0.29) is 12.1 Å². The largest absolute Gasteiger partial charge is 0.381 e. The van der Waals surface area contributed by atoms with Crippen LogP contribution in [0.4, 0.5) is 20.2 Å². The van der Waals surface area contributed by atoms with Gasteiger partial charge in [0.2, 0.25) is 0 Å². The summed E-state index contributed by atoms with van der Waals surface area (Å²) in [6.45, 7) is 4.85. The van der Waals surface area contributed by atoms with Crippen molar-refractivity contribution in [3.8, 4) is 5.69 Å². The molecule has 0 aliphatic carbocycles. The first-order valence-electron chi connectivity index (χ1n) is 13.7. The zero-order valence-electron chi connectivity index (χ0n) is 23.0. The fourth-order valence-corrected chi connectivity index (χ4v) is 5.49. The molecule has 1 aliphatic rings. The van der Waals surface area contributed by atoms with E-state index in [1.807, 2.05) is 42.5 Å². The summed E-state index contributed by atoms with van der Waals surface area (Å²) in [7, 11) is 0. The molecule has 0 bridgehead atoms. The van der Waals surface area contributed by atoms with Crippen LogP contribution in [0.2, 0.25) is 0 Å². The number of para-hydroxylation sites is 1. The molecule has 3 aromatic carbocycles. The predicted octanol–water partition coefficient (Wildman–Crippen LogP) is 3.38. The molecule has 12 heteroatoms. The third kappa shape index (κ3) is 5.16. The van der Waals surface area contributed by atoms with Crippen LogP contribution in [-0.4, -0.2) is 60.4 Å². The van der Waals surface area contributed by atoms with E-state index in [0.717, 1.165) is 42.6 Å². The lowest BCUT2D eigenvalue weighted by atomic mass is 9.86.